The number of nitrogens with one attached hydrogen (secondary N) is 1. The lowest BCUT2D eigenvalue weighted by Crippen LogP contribution is -2.04. The molecule has 0 spiro atoms. The Morgan fingerprint density at radius 3 is 2.58 bits per heavy atom. The van der Waals surface area contributed by atoms with E-state index < -0.39 is 17.3 Å². The molecule has 0 bridgehead atoms. The quantitative estimate of drug-likeness (QED) is 0.837. The van der Waals surface area contributed by atoms with Crippen molar-refractivity contribution in [2.45, 2.75) is 11.0 Å². The van der Waals surface area contributed by atoms with Crippen LogP contribution in [0.5, 0.6) is 0 Å². The van der Waals surface area contributed by atoms with Gasteiger partial charge in [0, 0.05) is 22.3 Å². The van der Waals surface area contributed by atoms with E-state index in [1.54, 1.807) is 30.3 Å². The van der Waals surface area contributed by atoms with Crippen LogP contribution in [0.3, 0.4) is 0 Å². The van der Waals surface area contributed by atoms with E-state index in [1.165, 1.54) is 0 Å². The first-order valence-electron chi connectivity index (χ1n) is 5.85. The summed E-state index contributed by atoms with van der Waals surface area (Å²) >= 11 is 4.80. The van der Waals surface area contributed by atoms with E-state index in [-0.39, 0.29) is 0 Å². The second kappa shape index (κ2) is 5.06. The van der Waals surface area contributed by atoms with Crippen molar-refractivity contribution >= 4 is 28.5 Å². The molecule has 3 nitrogen and oxygen atoms in total. The van der Waals surface area contributed by atoms with Crippen LogP contribution in [0.1, 0.15) is 17.2 Å². The van der Waals surface area contributed by atoms with Gasteiger partial charge in [-0.05, 0) is 29.3 Å². The molecule has 0 saturated carbocycles. The summed E-state index contributed by atoms with van der Waals surface area (Å²) in [6.45, 7) is 0. The highest BCUT2D eigenvalue weighted by atomic mass is 35.5. The molecule has 0 aliphatic carbocycles. The van der Waals surface area contributed by atoms with E-state index >= 15 is 0 Å². The summed E-state index contributed by atoms with van der Waals surface area (Å²) in [6.07, 6.45) is -0.736. The Hall–Kier alpha value is -1.20. The average Bonchev–Trinajstić information content (AvgIpc) is 2.80. The van der Waals surface area contributed by atoms with Crippen LogP contribution in [0.25, 0.3) is 0 Å². The number of aliphatic hydroxyl groups is 1. The van der Waals surface area contributed by atoms with Gasteiger partial charge in [0.1, 0.15) is 6.10 Å². The Bertz CT molecular complexity index is 603. The number of fused-ring (bicyclic) bond motifs is 1. The van der Waals surface area contributed by atoms with Gasteiger partial charge in [-0.1, -0.05) is 29.8 Å². The Kier molecular flexibility index (Phi) is 3.41. The highest BCUT2D eigenvalue weighted by Gasteiger charge is 2.25. The van der Waals surface area contributed by atoms with Gasteiger partial charge in [-0.2, -0.15) is 0 Å². The molecular formula is C14H12ClNO2S. The van der Waals surface area contributed by atoms with Crippen molar-refractivity contribution in [2.24, 2.45) is 0 Å². The number of benzene rings is 2. The Morgan fingerprint density at radius 1 is 1.16 bits per heavy atom. The minimum atomic E-state index is -1.03. The molecule has 0 aromatic heterocycles. The second-order valence-corrected chi connectivity index (χ2v) is 6.23. The van der Waals surface area contributed by atoms with Gasteiger partial charge in [-0.3, -0.25) is 0 Å². The summed E-state index contributed by atoms with van der Waals surface area (Å²) < 4.78 is 11.8. The molecule has 19 heavy (non-hydrogen) atoms. The van der Waals surface area contributed by atoms with Gasteiger partial charge >= 0.3 is 0 Å². The standard InChI is InChI=1S/C14H12ClNO2S/c15-11-4-1-9(2-5-11)14(17)10-3-6-12-13(7-10)19(18)8-16-12/h1-7,14,16-17H,8H2. The first kappa shape index (κ1) is 12.8. The molecule has 2 aromatic carbocycles. The van der Waals surface area contributed by atoms with Crippen molar-refractivity contribution in [1.82, 2.24) is 0 Å². The van der Waals surface area contributed by atoms with Crippen LogP contribution in [0.15, 0.2) is 47.4 Å². The number of halogens is 1. The molecule has 0 radical (unpaired) electrons. The van der Waals surface area contributed by atoms with E-state index in [9.17, 15) is 9.66 Å². The van der Waals surface area contributed by atoms with E-state index in [0.29, 0.717) is 10.9 Å². The molecule has 2 N–H and O–H groups in total. The van der Waals surface area contributed by atoms with Crippen molar-refractivity contribution in [3.63, 3.8) is 0 Å². The fraction of sp³-hybridized carbons (Fsp3) is 0.143. The zero-order chi connectivity index (χ0) is 13.4. The lowest BCUT2D eigenvalue weighted by atomic mass is 10.0. The average molecular weight is 294 g/mol. The fourth-order valence-corrected chi connectivity index (χ4v) is 3.32. The Morgan fingerprint density at radius 2 is 1.84 bits per heavy atom. The van der Waals surface area contributed by atoms with Gasteiger partial charge in [0.05, 0.1) is 5.69 Å². The van der Waals surface area contributed by atoms with Crippen molar-refractivity contribution in [3.8, 4) is 0 Å². The number of hydrogen-bond donors (Lipinski definition) is 2. The van der Waals surface area contributed by atoms with Crippen molar-refractivity contribution in [2.75, 3.05) is 11.2 Å². The number of rotatable bonds is 2. The largest absolute Gasteiger partial charge is 0.610 e. The molecular weight excluding hydrogens is 282 g/mol. The molecule has 2 unspecified atom stereocenters. The maximum Gasteiger partial charge on any atom is 0.181 e. The Balaban J connectivity index is 1.94. The zero-order valence-corrected chi connectivity index (χ0v) is 11.5. The molecule has 2 aromatic rings. The van der Waals surface area contributed by atoms with Crippen LogP contribution in [0.2, 0.25) is 5.02 Å². The first-order valence-corrected chi connectivity index (χ1v) is 7.54. The molecule has 0 saturated heterocycles. The highest BCUT2D eigenvalue weighted by molar-refractivity contribution is 7.92. The van der Waals surface area contributed by atoms with E-state index in [1.807, 2.05) is 12.1 Å². The molecule has 1 heterocycles. The van der Waals surface area contributed by atoms with Gasteiger partial charge in [-0.25, -0.2) is 0 Å². The Labute approximate surface area is 119 Å². The van der Waals surface area contributed by atoms with Gasteiger partial charge in [0.25, 0.3) is 0 Å². The minimum Gasteiger partial charge on any atom is -0.610 e. The maximum atomic E-state index is 11.8. The summed E-state index contributed by atoms with van der Waals surface area (Å²) in [7, 11) is 0. The third-order valence-corrected chi connectivity index (χ3v) is 4.63. The smallest absolute Gasteiger partial charge is 0.181 e. The molecule has 5 heteroatoms. The monoisotopic (exact) mass is 293 g/mol. The van der Waals surface area contributed by atoms with E-state index in [4.69, 9.17) is 11.6 Å². The molecule has 0 amide bonds. The number of aliphatic hydroxyl groups excluding tert-OH is 1. The predicted octanol–water partition coefficient (Wildman–Crippen LogP) is 2.91. The summed E-state index contributed by atoms with van der Waals surface area (Å²) in [5.41, 5.74) is 2.38. The third kappa shape index (κ3) is 2.44. The van der Waals surface area contributed by atoms with Crippen LogP contribution in [0.4, 0.5) is 5.69 Å². The lowest BCUT2D eigenvalue weighted by molar-refractivity contribution is 0.220. The van der Waals surface area contributed by atoms with Crippen molar-refractivity contribution in [1.29, 1.82) is 0 Å². The SMILES string of the molecule is [O-][S+]1CNc2ccc(C(O)c3ccc(Cl)cc3)cc21. The van der Waals surface area contributed by atoms with Crippen LogP contribution < -0.4 is 5.32 Å². The van der Waals surface area contributed by atoms with Gasteiger partial charge in [0.15, 0.2) is 10.8 Å². The highest BCUT2D eigenvalue weighted by Crippen LogP contribution is 2.33. The molecule has 3 rings (SSSR count). The fourth-order valence-electron chi connectivity index (χ4n) is 2.10. The van der Waals surface area contributed by atoms with Crippen LogP contribution >= 0.6 is 11.6 Å². The third-order valence-electron chi connectivity index (χ3n) is 3.15. The maximum absolute atomic E-state index is 11.8. The van der Waals surface area contributed by atoms with Gasteiger partial charge in [0.2, 0.25) is 0 Å². The molecule has 98 valence electrons. The molecule has 2 atom stereocenters. The van der Waals surface area contributed by atoms with Crippen LogP contribution in [0, 0.1) is 0 Å². The second-order valence-electron chi connectivity index (χ2n) is 4.38. The number of hydrogen-bond acceptors (Lipinski definition) is 3. The van der Waals surface area contributed by atoms with Gasteiger partial charge in [-0.15, -0.1) is 0 Å². The zero-order valence-electron chi connectivity index (χ0n) is 9.97. The topological polar surface area (TPSA) is 55.3 Å². The normalized spacial score (nSPS) is 18.8. The molecule has 1 aliphatic rings. The summed E-state index contributed by atoms with van der Waals surface area (Å²) in [5, 5.41) is 14.0. The minimum absolute atomic E-state index is 0.440. The van der Waals surface area contributed by atoms with Gasteiger partial charge < -0.3 is 15.0 Å². The molecule has 0 fully saturated rings. The first-order chi connectivity index (χ1) is 9.15. The van der Waals surface area contributed by atoms with E-state index in [2.05, 4.69) is 5.32 Å². The van der Waals surface area contributed by atoms with Crippen LogP contribution in [-0.4, -0.2) is 15.5 Å². The lowest BCUT2D eigenvalue weighted by Gasteiger charge is -2.12. The van der Waals surface area contributed by atoms with Crippen molar-refractivity contribution in [3.05, 3.63) is 58.6 Å². The predicted molar refractivity (Wildman–Crippen MR) is 76.9 cm³/mol. The number of anilines is 1. The summed E-state index contributed by atoms with van der Waals surface area (Å²) in [5.74, 6) is 0.440. The summed E-state index contributed by atoms with van der Waals surface area (Å²) in [6, 6.07) is 12.6. The van der Waals surface area contributed by atoms with Crippen molar-refractivity contribution < 1.29 is 9.66 Å². The van der Waals surface area contributed by atoms with E-state index in [0.717, 1.165) is 21.7 Å². The van der Waals surface area contributed by atoms with Crippen LogP contribution in [-0.2, 0) is 11.2 Å². The summed E-state index contributed by atoms with van der Waals surface area (Å²) in [4.78, 5) is 0.755. The molecule has 1 aliphatic heterocycles.